The summed E-state index contributed by atoms with van der Waals surface area (Å²) in [6.45, 7) is 1.75. The van der Waals surface area contributed by atoms with Crippen LogP contribution in [0.15, 0.2) is 24.1 Å². The zero-order valence-electron chi connectivity index (χ0n) is 8.97. The van der Waals surface area contributed by atoms with Crippen molar-refractivity contribution in [2.75, 3.05) is 0 Å². The van der Waals surface area contributed by atoms with Gasteiger partial charge in [0.2, 0.25) is 0 Å². The second-order valence-electron chi connectivity index (χ2n) is 4.09. The molecule has 1 aliphatic carbocycles. The van der Waals surface area contributed by atoms with Crippen molar-refractivity contribution in [3.8, 4) is 0 Å². The van der Waals surface area contributed by atoms with E-state index in [2.05, 4.69) is 19.9 Å². The number of nitrogens with one attached hydrogen (secondary N) is 1. The minimum atomic E-state index is 0.739. The molecule has 1 saturated carbocycles. The van der Waals surface area contributed by atoms with Crippen LogP contribution in [0.4, 0.5) is 0 Å². The lowest BCUT2D eigenvalue weighted by molar-refractivity contribution is 0.633. The van der Waals surface area contributed by atoms with Gasteiger partial charge in [-0.05, 0) is 12.8 Å². The SMILES string of the molecule is c1csc(Cn2cncc2CNC2CC2)n1. The lowest BCUT2D eigenvalue weighted by Crippen LogP contribution is -2.18. The Morgan fingerprint density at radius 2 is 2.44 bits per heavy atom. The zero-order chi connectivity index (χ0) is 10.8. The molecule has 0 amide bonds. The van der Waals surface area contributed by atoms with Gasteiger partial charge < -0.3 is 9.88 Å². The molecule has 0 spiro atoms. The average Bonchev–Trinajstić information content (AvgIpc) is 2.79. The maximum absolute atomic E-state index is 4.29. The molecule has 16 heavy (non-hydrogen) atoms. The normalized spacial score (nSPS) is 15.5. The minimum Gasteiger partial charge on any atom is -0.326 e. The summed E-state index contributed by atoms with van der Waals surface area (Å²) in [5.41, 5.74) is 1.24. The Bertz CT molecular complexity index is 444. The number of nitrogens with zero attached hydrogens (tertiary/aromatic N) is 3. The van der Waals surface area contributed by atoms with Crippen LogP contribution >= 0.6 is 11.3 Å². The first-order valence-electron chi connectivity index (χ1n) is 5.52. The first-order valence-corrected chi connectivity index (χ1v) is 6.40. The maximum atomic E-state index is 4.29. The zero-order valence-corrected chi connectivity index (χ0v) is 9.78. The molecule has 3 rings (SSSR count). The lowest BCUT2D eigenvalue weighted by Gasteiger charge is -2.06. The Kier molecular flexibility index (Phi) is 2.71. The van der Waals surface area contributed by atoms with Gasteiger partial charge in [-0.15, -0.1) is 11.3 Å². The van der Waals surface area contributed by atoms with E-state index in [0.717, 1.165) is 24.1 Å². The average molecular weight is 234 g/mol. The molecule has 5 heteroatoms. The van der Waals surface area contributed by atoms with Crippen LogP contribution in [0.1, 0.15) is 23.5 Å². The van der Waals surface area contributed by atoms with Crippen molar-refractivity contribution < 1.29 is 0 Å². The summed E-state index contributed by atoms with van der Waals surface area (Å²) in [5, 5.41) is 6.64. The third-order valence-corrected chi connectivity index (χ3v) is 3.50. The number of rotatable bonds is 5. The molecule has 2 aromatic heterocycles. The summed E-state index contributed by atoms with van der Waals surface area (Å²) in [4.78, 5) is 8.49. The van der Waals surface area contributed by atoms with Gasteiger partial charge in [0, 0.05) is 30.4 Å². The van der Waals surface area contributed by atoms with E-state index >= 15 is 0 Å². The second kappa shape index (κ2) is 4.35. The van der Waals surface area contributed by atoms with Crippen molar-refractivity contribution in [2.45, 2.75) is 32.0 Å². The summed E-state index contributed by atoms with van der Waals surface area (Å²) in [7, 11) is 0. The fourth-order valence-electron chi connectivity index (χ4n) is 1.65. The summed E-state index contributed by atoms with van der Waals surface area (Å²) < 4.78 is 2.16. The predicted octanol–water partition coefficient (Wildman–Crippen LogP) is 1.64. The first-order chi connectivity index (χ1) is 7.92. The first kappa shape index (κ1) is 9.99. The van der Waals surface area contributed by atoms with E-state index in [1.165, 1.54) is 18.5 Å². The van der Waals surface area contributed by atoms with Gasteiger partial charge in [0.05, 0.1) is 18.6 Å². The molecule has 1 aliphatic rings. The van der Waals surface area contributed by atoms with Gasteiger partial charge in [-0.2, -0.15) is 0 Å². The molecule has 1 N–H and O–H groups in total. The molecular formula is C11H14N4S. The Morgan fingerprint density at radius 3 is 3.19 bits per heavy atom. The monoisotopic (exact) mass is 234 g/mol. The highest BCUT2D eigenvalue weighted by molar-refractivity contribution is 7.09. The number of thiazole rings is 1. The van der Waals surface area contributed by atoms with Gasteiger partial charge in [-0.1, -0.05) is 0 Å². The second-order valence-corrected chi connectivity index (χ2v) is 5.07. The Balaban J connectivity index is 1.66. The van der Waals surface area contributed by atoms with Gasteiger partial charge in [0.25, 0.3) is 0 Å². The third kappa shape index (κ3) is 2.31. The van der Waals surface area contributed by atoms with E-state index in [-0.39, 0.29) is 0 Å². The maximum Gasteiger partial charge on any atom is 0.112 e. The van der Waals surface area contributed by atoms with E-state index in [0.29, 0.717) is 0 Å². The topological polar surface area (TPSA) is 42.7 Å². The third-order valence-electron chi connectivity index (χ3n) is 2.74. The molecular weight excluding hydrogens is 220 g/mol. The van der Waals surface area contributed by atoms with Crippen LogP contribution < -0.4 is 5.32 Å². The van der Waals surface area contributed by atoms with Crippen LogP contribution in [0.25, 0.3) is 0 Å². The van der Waals surface area contributed by atoms with Gasteiger partial charge in [0.15, 0.2) is 0 Å². The molecule has 2 heterocycles. The standard InChI is InChI=1S/C11H14N4S/c1-2-9(1)14-6-10-5-12-8-15(10)7-11-13-3-4-16-11/h3-5,8-9,14H,1-2,6-7H2. The smallest absolute Gasteiger partial charge is 0.112 e. The molecule has 2 aromatic rings. The molecule has 0 aliphatic heterocycles. The van der Waals surface area contributed by atoms with Gasteiger partial charge in [-0.25, -0.2) is 9.97 Å². The summed E-state index contributed by atoms with van der Waals surface area (Å²) >= 11 is 1.69. The number of hydrogen-bond acceptors (Lipinski definition) is 4. The molecule has 84 valence electrons. The van der Waals surface area contributed by atoms with Crippen LogP contribution in [0.3, 0.4) is 0 Å². The highest BCUT2D eigenvalue weighted by Gasteiger charge is 2.20. The molecule has 0 saturated heterocycles. The molecule has 0 atom stereocenters. The van der Waals surface area contributed by atoms with Crippen LogP contribution in [0.2, 0.25) is 0 Å². The minimum absolute atomic E-state index is 0.739. The predicted molar refractivity (Wildman–Crippen MR) is 63.3 cm³/mol. The molecule has 0 bridgehead atoms. The lowest BCUT2D eigenvalue weighted by atomic mass is 10.4. The van der Waals surface area contributed by atoms with Crippen molar-refractivity contribution >= 4 is 11.3 Å². The Hall–Kier alpha value is -1.20. The highest BCUT2D eigenvalue weighted by Crippen LogP contribution is 2.19. The van der Waals surface area contributed by atoms with E-state index in [1.54, 1.807) is 11.3 Å². The van der Waals surface area contributed by atoms with E-state index in [4.69, 9.17) is 0 Å². The molecule has 0 unspecified atom stereocenters. The molecule has 1 fully saturated rings. The van der Waals surface area contributed by atoms with Gasteiger partial charge >= 0.3 is 0 Å². The molecule has 0 aromatic carbocycles. The molecule has 0 radical (unpaired) electrons. The van der Waals surface area contributed by atoms with Crippen molar-refractivity contribution in [3.05, 3.63) is 34.8 Å². The Morgan fingerprint density at radius 1 is 1.50 bits per heavy atom. The van der Waals surface area contributed by atoms with Crippen LogP contribution in [-0.4, -0.2) is 20.6 Å². The van der Waals surface area contributed by atoms with Gasteiger partial charge in [-0.3, -0.25) is 0 Å². The number of imidazole rings is 1. The van der Waals surface area contributed by atoms with Crippen LogP contribution in [-0.2, 0) is 13.1 Å². The fraction of sp³-hybridized carbons (Fsp3) is 0.455. The van der Waals surface area contributed by atoms with Crippen molar-refractivity contribution in [1.82, 2.24) is 19.9 Å². The summed E-state index contributed by atoms with van der Waals surface area (Å²) in [6, 6.07) is 0.739. The van der Waals surface area contributed by atoms with E-state index in [9.17, 15) is 0 Å². The molecule has 4 nitrogen and oxygen atoms in total. The quantitative estimate of drug-likeness (QED) is 0.855. The number of hydrogen-bond donors (Lipinski definition) is 1. The number of aromatic nitrogens is 3. The van der Waals surface area contributed by atoms with Crippen molar-refractivity contribution in [2.24, 2.45) is 0 Å². The van der Waals surface area contributed by atoms with Crippen LogP contribution in [0.5, 0.6) is 0 Å². The largest absolute Gasteiger partial charge is 0.326 e. The van der Waals surface area contributed by atoms with E-state index < -0.39 is 0 Å². The van der Waals surface area contributed by atoms with Crippen molar-refractivity contribution in [1.29, 1.82) is 0 Å². The highest BCUT2D eigenvalue weighted by atomic mass is 32.1. The summed E-state index contributed by atoms with van der Waals surface area (Å²) in [5.74, 6) is 0. The van der Waals surface area contributed by atoms with Gasteiger partial charge in [0.1, 0.15) is 5.01 Å². The van der Waals surface area contributed by atoms with Crippen molar-refractivity contribution in [3.63, 3.8) is 0 Å². The fourth-order valence-corrected chi connectivity index (χ4v) is 2.26. The van der Waals surface area contributed by atoms with Crippen LogP contribution in [0, 0.1) is 0 Å². The van der Waals surface area contributed by atoms with E-state index in [1.807, 2.05) is 24.1 Å². The Labute approximate surface area is 98.4 Å². The summed E-state index contributed by atoms with van der Waals surface area (Å²) in [6.07, 6.45) is 8.30.